The molecular formula is C24H28N4O3S. The van der Waals surface area contributed by atoms with Crippen molar-refractivity contribution in [1.29, 1.82) is 0 Å². The van der Waals surface area contributed by atoms with Gasteiger partial charge in [0.1, 0.15) is 4.83 Å². The summed E-state index contributed by atoms with van der Waals surface area (Å²) in [5, 5.41) is 3.62. The van der Waals surface area contributed by atoms with Crippen LogP contribution in [0, 0.1) is 13.8 Å². The lowest BCUT2D eigenvalue weighted by molar-refractivity contribution is -0.133. The van der Waals surface area contributed by atoms with E-state index < -0.39 is 0 Å². The number of rotatable bonds is 6. The van der Waals surface area contributed by atoms with E-state index in [1.807, 2.05) is 32.0 Å². The molecule has 0 aliphatic heterocycles. The van der Waals surface area contributed by atoms with E-state index in [1.54, 1.807) is 18.4 Å². The van der Waals surface area contributed by atoms with Gasteiger partial charge in [-0.15, -0.1) is 11.3 Å². The number of aryl methyl sites for hydroxylation is 5. The lowest BCUT2D eigenvalue weighted by atomic mass is 9.97. The molecule has 0 saturated carbocycles. The first-order valence-electron chi connectivity index (χ1n) is 10.9. The summed E-state index contributed by atoms with van der Waals surface area (Å²) in [6.07, 6.45) is 5.86. The molecule has 32 heavy (non-hydrogen) atoms. The van der Waals surface area contributed by atoms with Crippen LogP contribution in [0.4, 0.5) is 5.69 Å². The highest BCUT2D eigenvalue weighted by molar-refractivity contribution is 7.18. The van der Waals surface area contributed by atoms with E-state index in [-0.39, 0.29) is 36.9 Å². The maximum absolute atomic E-state index is 13.0. The predicted molar refractivity (Wildman–Crippen MR) is 127 cm³/mol. The number of benzene rings is 1. The van der Waals surface area contributed by atoms with Crippen LogP contribution in [-0.2, 0) is 29.0 Å². The van der Waals surface area contributed by atoms with Crippen LogP contribution in [0.3, 0.4) is 0 Å². The maximum atomic E-state index is 13.0. The average Bonchev–Trinajstić information content (AvgIpc) is 3.15. The van der Waals surface area contributed by atoms with Crippen molar-refractivity contribution in [3.8, 4) is 0 Å². The van der Waals surface area contributed by atoms with E-state index in [9.17, 15) is 14.4 Å². The smallest absolute Gasteiger partial charge is 0.262 e. The third-order valence-corrected chi connectivity index (χ3v) is 7.26. The van der Waals surface area contributed by atoms with Crippen molar-refractivity contribution in [3.05, 3.63) is 56.4 Å². The summed E-state index contributed by atoms with van der Waals surface area (Å²) < 4.78 is 1.52. The number of aromatic nitrogens is 2. The van der Waals surface area contributed by atoms with Gasteiger partial charge in [-0.1, -0.05) is 18.2 Å². The van der Waals surface area contributed by atoms with Crippen molar-refractivity contribution in [1.82, 2.24) is 14.5 Å². The largest absolute Gasteiger partial charge is 0.336 e. The fourth-order valence-electron chi connectivity index (χ4n) is 4.24. The molecule has 0 saturated heterocycles. The Bertz CT molecular complexity index is 1220. The Morgan fingerprint density at radius 3 is 2.66 bits per heavy atom. The number of thiophene rings is 1. The Kier molecular flexibility index (Phi) is 6.41. The zero-order chi connectivity index (χ0) is 22.8. The first-order valence-corrected chi connectivity index (χ1v) is 11.8. The molecule has 0 bridgehead atoms. The molecule has 0 unspecified atom stereocenters. The van der Waals surface area contributed by atoms with Crippen LogP contribution in [0.2, 0.25) is 0 Å². The number of carbonyl (C=O) groups is 2. The minimum atomic E-state index is -0.247. The summed E-state index contributed by atoms with van der Waals surface area (Å²) >= 11 is 1.62. The van der Waals surface area contributed by atoms with Crippen LogP contribution >= 0.6 is 11.3 Å². The van der Waals surface area contributed by atoms with Crippen LogP contribution in [0.25, 0.3) is 10.2 Å². The first kappa shape index (κ1) is 22.2. The fraction of sp³-hybridized carbons (Fsp3) is 0.417. The van der Waals surface area contributed by atoms with Crippen LogP contribution in [-0.4, -0.2) is 39.9 Å². The van der Waals surface area contributed by atoms with Crippen molar-refractivity contribution in [3.63, 3.8) is 0 Å². The second-order valence-corrected chi connectivity index (χ2v) is 9.53. The number of hydrogen-bond donors (Lipinski definition) is 1. The summed E-state index contributed by atoms with van der Waals surface area (Å²) in [6.45, 7) is 4.07. The van der Waals surface area contributed by atoms with Gasteiger partial charge in [-0.2, -0.15) is 0 Å². The van der Waals surface area contributed by atoms with Crippen molar-refractivity contribution in [2.45, 2.75) is 52.5 Å². The monoisotopic (exact) mass is 452 g/mol. The molecule has 1 aromatic carbocycles. The number of nitrogens with zero attached hydrogens (tertiary/aromatic N) is 3. The number of hydrogen-bond acceptors (Lipinski definition) is 5. The summed E-state index contributed by atoms with van der Waals surface area (Å²) in [5.74, 6) is -0.440. The van der Waals surface area contributed by atoms with Gasteiger partial charge in [0.25, 0.3) is 5.56 Å². The number of carbonyl (C=O) groups excluding carboxylic acids is 2. The third-order valence-electron chi connectivity index (χ3n) is 6.06. The zero-order valence-corrected chi connectivity index (χ0v) is 19.6. The standard InChI is InChI=1S/C24H28N4O3S/c1-15-7-6-8-16(2)22(15)26-19(29)13-27(3)20(30)11-12-28-14-25-23-21(24(28)31)17-9-4-5-10-18(17)32-23/h6-8,14H,4-5,9-13H2,1-3H3,(H,26,29). The second kappa shape index (κ2) is 9.24. The van der Waals surface area contributed by atoms with Gasteiger partial charge in [-0.25, -0.2) is 4.98 Å². The molecule has 0 fully saturated rings. The van der Waals surface area contributed by atoms with Gasteiger partial charge in [0.2, 0.25) is 11.8 Å². The minimum absolute atomic E-state index is 0.0448. The summed E-state index contributed by atoms with van der Waals surface area (Å²) in [7, 11) is 1.60. The van der Waals surface area contributed by atoms with Crippen molar-refractivity contribution in [2.24, 2.45) is 0 Å². The summed E-state index contributed by atoms with van der Waals surface area (Å²) in [5.41, 5.74) is 3.81. The van der Waals surface area contributed by atoms with E-state index >= 15 is 0 Å². The molecule has 7 nitrogen and oxygen atoms in total. The van der Waals surface area contributed by atoms with Gasteiger partial charge in [0.05, 0.1) is 18.3 Å². The zero-order valence-electron chi connectivity index (χ0n) is 18.7. The minimum Gasteiger partial charge on any atom is -0.336 e. The lowest BCUT2D eigenvalue weighted by Crippen LogP contribution is -2.36. The molecule has 1 aliphatic carbocycles. The molecule has 0 radical (unpaired) electrons. The van der Waals surface area contributed by atoms with Crippen molar-refractivity contribution >= 4 is 39.1 Å². The molecule has 1 aliphatic rings. The van der Waals surface area contributed by atoms with E-state index in [0.29, 0.717) is 0 Å². The number of anilines is 1. The molecule has 8 heteroatoms. The predicted octanol–water partition coefficient (Wildman–Crippen LogP) is 3.44. The van der Waals surface area contributed by atoms with E-state index in [4.69, 9.17) is 0 Å². The molecule has 4 rings (SSSR count). The quantitative estimate of drug-likeness (QED) is 0.621. The molecule has 3 aromatic rings. The number of likely N-dealkylation sites (N-methyl/N-ethyl adjacent to an activating group) is 1. The molecule has 1 N–H and O–H groups in total. The van der Waals surface area contributed by atoms with Gasteiger partial charge >= 0.3 is 0 Å². The maximum Gasteiger partial charge on any atom is 0.262 e. The van der Waals surface area contributed by atoms with Gasteiger partial charge in [-0.05, 0) is 56.2 Å². The van der Waals surface area contributed by atoms with Crippen LogP contribution in [0.1, 0.15) is 40.8 Å². The van der Waals surface area contributed by atoms with E-state index in [1.165, 1.54) is 20.7 Å². The Hall–Kier alpha value is -3.00. The van der Waals surface area contributed by atoms with Gasteiger partial charge in [0.15, 0.2) is 0 Å². The average molecular weight is 453 g/mol. The van der Waals surface area contributed by atoms with Gasteiger partial charge in [0, 0.05) is 30.6 Å². The highest BCUT2D eigenvalue weighted by Crippen LogP contribution is 2.33. The van der Waals surface area contributed by atoms with Crippen LogP contribution in [0.5, 0.6) is 0 Å². The molecule has 0 atom stereocenters. The van der Waals surface area contributed by atoms with Crippen LogP contribution < -0.4 is 10.9 Å². The number of nitrogens with one attached hydrogen (secondary N) is 1. The molecule has 168 valence electrons. The number of fused-ring (bicyclic) bond motifs is 3. The lowest BCUT2D eigenvalue weighted by Gasteiger charge is -2.18. The molecular weight excluding hydrogens is 424 g/mol. The normalized spacial score (nSPS) is 13.1. The van der Waals surface area contributed by atoms with Gasteiger partial charge < -0.3 is 10.2 Å². The fourth-order valence-corrected chi connectivity index (χ4v) is 5.46. The Morgan fingerprint density at radius 2 is 1.91 bits per heavy atom. The van der Waals surface area contributed by atoms with Crippen molar-refractivity contribution < 1.29 is 9.59 Å². The first-order chi connectivity index (χ1) is 15.3. The third kappa shape index (κ3) is 4.46. The number of amides is 2. The van der Waals surface area contributed by atoms with E-state index in [2.05, 4.69) is 10.3 Å². The number of para-hydroxylation sites is 1. The SMILES string of the molecule is Cc1cccc(C)c1NC(=O)CN(C)C(=O)CCn1cnc2sc3c(c2c1=O)CCCC3. The topological polar surface area (TPSA) is 84.3 Å². The summed E-state index contributed by atoms with van der Waals surface area (Å²) in [6, 6.07) is 5.81. The molecule has 0 spiro atoms. The highest BCUT2D eigenvalue weighted by Gasteiger charge is 2.20. The molecule has 2 heterocycles. The van der Waals surface area contributed by atoms with E-state index in [0.717, 1.165) is 58.3 Å². The van der Waals surface area contributed by atoms with Crippen molar-refractivity contribution in [2.75, 3.05) is 18.9 Å². The Labute approximate surface area is 191 Å². The molecule has 2 aromatic heterocycles. The molecule has 2 amide bonds. The van der Waals surface area contributed by atoms with Crippen LogP contribution in [0.15, 0.2) is 29.3 Å². The Balaban J connectivity index is 1.39. The Morgan fingerprint density at radius 1 is 1.19 bits per heavy atom. The highest BCUT2D eigenvalue weighted by atomic mass is 32.1. The summed E-state index contributed by atoms with van der Waals surface area (Å²) in [4.78, 5) is 46.0. The van der Waals surface area contributed by atoms with Gasteiger partial charge in [-0.3, -0.25) is 19.0 Å². The second-order valence-electron chi connectivity index (χ2n) is 8.45.